The van der Waals surface area contributed by atoms with Gasteiger partial charge in [-0.25, -0.2) is 4.79 Å². The zero-order chi connectivity index (χ0) is 26.5. The van der Waals surface area contributed by atoms with Gasteiger partial charge in [0, 0.05) is 31.2 Å². The van der Waals surface area contributed by atoms with Gasteiger partial charge in [0.25, 0.3) is 5.91 Å². The fourth-order valence-electron chi connectivity index (χ4n) is 4.14. The van der Waals surface area contributed by atoms with Gasteiger partial charge >= 0.3 is 5.97 Å². The third-order valence-electron chi connectivity index (χ3n) is 6.05. The van der Waals surface area contributed by atoms with Crippen LogP contribution in [-0.4, -0.2) is 62.0 Å². The first-order valence-electron chi connectivity index (χ1n) is 12.4. The molecule has 0 aromatic heterocycles. The first kappa shape index (κ1) is 29.0. The largest absolute Gasteiger partial charge is 0.493 e. The number of rotatable bonds is 16. The van der Waals surface area contributed by atoms with E-state index in [1.54, 1.807) is 38.2 Å². The van der Waals surface area contributed by atoms with E-state index in [-0.39, 0.29) is 18.4 Å². The minimum absolute atomic E-state index is 0.108. The number of nitrogens with zero attached hydrogens (tertiary/aromatic N) is 1. The second kappa shape index (κ2) is 15.0. The van der Waals surface area contributed by atoms with Crippen LogP contribution in [0.1, 0.15) is 57.1 Å². The van der Waals surface area contributed by atoms with E-state index >= 15 is 0 Å². The molecule has 0 aliphatic rings. The summed E-state index contributed by atoms with van der Waals surface area (Å²) >= 11 is 0. The first-order chi connectivity index (χ1) is 17.4. The van der Waals surface area contributed by atoms with E-state index in [2.05, 4.69) is 6.92 Å². The van der Waals surface area contributed by atoms with Gasteiger partial charge in [-0.1, -0.05) is 44.5 Å². The summed E-state index contributed by atoms with van der Waals surface area (Å²) in [6, 6.07) is 12.8. The lowest BCUT2D eigenvalue weighted by Gasteiger charge is -2.25. The number of carbonyl (C=O) groups excluding carboxylic acids is 1. The SMILES string of the molecule is CCCCN(Cc1cccc(OC)c1OC)C(=O)COc1ccc(C(CC)[C@H](OCC)C(=O)O)cc1. The van der Waals surface area contributed by atoms with Crippen LogP contribution in [-0.2, 0) is 20.9 Å². The molecular formula is C28H39NO7. The van der Waals surface area contributed by atoms with Crippen molar-refractivity contribution >= 4 is 11.9 Å². The Balaban J connectivity index is 2.10. The fourth-order valence-corrected chi connectivity index (χ4v) is 4.14. The smallest absolute Gasteiger partial charge is 0.333 e. The molecule has 1 N–H and O–H groups in total. The van der Waals surface area contributed by atoms with E-state index in [1.807, 2.05) is 37.3 Å². The van der Waals surface area contributed by atoms with E-state index < -0.39 is 12.1 Å². The molecule has 0 aliphatic carbocycles. The Hall–Kier alpha value is -3.26. The second-order valence-electron chi connectivity index (χ2n) is 8.41. The third-order valence-corrected chi connectivity index (χ3v) is 6.05. The van der Waals surface area contributed by atoms with Gasteiger partial charge in [-0.3, -0.25) is 4.79 Å². The predicted molar refractivity (Wildman–Crippen MR) is 138 cm³/mol. The van der Waals surface area contributed by atoms with Gasteiger partial charge in [0.15, 0.2) is 24.2 Å². The van der Waals surface area contributed by atoms with Gasteiger partial charge in [-0.05, 0) is 43.5 Å². The van der Waals surface area contributed by atoms with Crippen molar-refractivity contribution in [2.24, 2.45) is 0 Å². The number of carboxylic acids is 1. The number of hydrogen-bond acceptors (Lipinski definition) is 6. The summed E-state index contributed by atoms with van der Waals surface area (Å²) in [6.07, 6.45) is 1.54. The summed E-state index contributed by atoms with van der Waals surface area (Å²) in [5.41, 5.74) is 1.71. The van der Waals surface area contributed by atoms with Crippen molar-refractivity contribution < 1.29 is 33.6 Å². The van der Waals surface area contributed by atoms with E-state index in [4.69, 9.17) is 18.9 Å². The lowest BCUT2D eigenvalue weighted by Crippen LogP contribution is -2.35. The maximum absolute atomic E-state index is 13.1. The van der Waals surface area contributed by atoms with Crippen LogP contribution in [0.25, 0.3) is 0 Å². The van der Waals surface area contributed by atoms with Crippen molar-refractivity contribution in [2.45, 2.75) is 58.6 Å². The molecule has 2 aromatic carbocycles. The molecule has 0 saturated carbocycles. The van der Waals surface area contributed by atoms with Crippen molar-refractivity contribution in [1.29, 1.82) is 0 Å². The molecule has 1 amide bonds. The van der Waals surface area contributed by atoms with E-state index in [9.17, 15) is 14.7 Å². The van der Waals surface area contributed by atoms with Crippen molar-refractivity contribution in [3.63, 3.8) is 0 Å². The Morgan fingerprint density at radius 2 is 1.72 bits per heavy atom. The highest BCUT2D eigenvalue weighted by Crippen LogP contribution is 2.32. The third kappa shape index (κ3) is 7.88. The van der Waals surface area contributed by atoms with Gasteiger partial charge in [0.1, 0.15) is 5.75 Å². The molecular weight excluding hydrogens is 462 g/mol. The number of aliphatic carboxylic acids is 1. The Bertz CT molecular complexity index is 961. The van der Waals surface area contributed by atoms with Crippen LogP contribution >= 0.6 is 0 Å². The monoisotopic (exact) mass is 501 g/mol. The summed E-state index contributed by atoms with van der Waals surface area (Å²) in [7, 11) is 3.17. The molecule has 0 saturated heterocycles. The van der Waals surface area contributed by atoms with Crippen LogP contribution in [0, 0.1) is 0 Å². The Morgan fingerprint density at radius 1 is 1.00 bits per heavy atom. The maximum atomic E-state index is 13.1. The van der Waals surface area contributed by atoms with Crippen LogP contribution in [0.4, 0.5) is 0 Å². The maximum Gasteiger partial charge on any atom is 0.333 e. The standard InChI is InChI=1S/C28H39NO7/c1-6-9-17-29(18-21-11-10-12-24(33-4)26(21)34-5)25(30)19-36-22-15-13-20(14-16-22)23(7-2)27(28(31)32)35-8-3/h10-16,23,27H,6-9,17-19H2,1-5H3,(H,31,32)/t23?,27-/m0/s1. The average molecular weight is 502 g/mol. The first-order valence-corrected chi connectivity index (χ1v) is 12.4. The molecule has 8 heteroatoms. The number of ether oxygens (including phenoxy) is 4. The van der Waals surface area contributed by atoms with Crippen molar-refractivity contribution in [3.8, 4) is 17.2 Å². The van der Waals surface area contributed by atoms with E-state index in [0.717, 1.165) is 24.0 Å². The van der Waals surface area contributed by atoms with Crippen LogP contribution in [0.3, 0.4) is 0 Å². The van der Waals surface area contributed by atoms with Crippen LogP contribution in [0.5, 0.6) is 17.2 Å². The number of amides is 1. The molecule has 2 atom stereocenters. The topological polar surface area (TPSA) is 94.5 Å². The molecule has 0 spiro atoms. The number of unbranched alkanes of at least 4 members (excludes halogenated alkanes) is 1. The van der Waals surface area contributed by atoms with Crippen molar-refractivity contribution in [2.75, 3.05) is 34.0 Å². The zero-order valence-corrected chi connectivity index (χ0v) is 22.0. The van der Waals surface area contributed by atoms with Crippen LogP contribution in [0.2, 0.25) is 0 Å². The fraction of sp³-hybridized carbons (Fsp3) is 0.500. The normalized spacial score (nSPS) is 12.5. The van der Waals surface area contributed by atoms with Gasteiger partial charge in [0.05, 0.1) is 14.2 Å². The number of methoxy groups -OCH3 is 2. The van der Waals surface area contributed by atoms with Gasteiger partial charge in [-0.2, -0.15) is 0 Å². The van der Waals surface area contributed by atoms with E-state index in [1.165, 1.54) is 0 Å². The highest BCUT2D eigenvalue weighted by molar-refractivity contribution is 5.78. The highest BCUT2D eigenvalue weighted by Gasteiger charge is 2.28. The summed E-state index contributed by atoms with van der Waals surface area (Å²) < 4.78 is 22.2. The number of benzene rings is 2. The van der Waals surface area contributed by atoms with Crippen LogP contribution < -0.4 is 14.2 Å². The summed E-state index contributed by atoms with van der Waals surface area (Å²) in [5, 5.41) is 9.54. The lowest BCUT2D eigenvalue weighted by molar-refractivity contribution is -0.151. The second-order valence-corrected chi connectivity index (χ2v) is 8.41. The molecule has 198 valence electrons. The summed E-state index contributed by atoms with van der Waals surface area (Å²) in [6.45, 7) is 7.00. The zero-order valence-electron chi connectivity index (χ0n) is 22.0. The molecule has 2 rings (SSSR count). The average Bonchev–Trinajstić information content (AvgIpc) is 2.89. The Kier molecular flexibility index (Phi) is 12.1. The lowest BCUT2D eigenvalue weighted by atomic mass is 9.91. The molecule has 0 radical (unpaired) electrons. The van der Waals surface area contributed by atoms with Crippen molar-refractivity contribution in [3.05, 3.63) is 53.6 Å². The minimum Gasteiger partial charge on any atom is -0.493 e. The molecule has 1 unspecified atom stereocenters. The van der Waals surface area contributed by atoms with Crippen LogP contribution in [0.15, 0.2) is 42.5 Å². The van der Waals surface area contributed by atoms with Gasteiger partial charge in [0.2, 0.25) is 0 Å². The summed E-state index contributed by atoms with van der Waals surface area (Å²) in [4.78, 5) is 26.5. The predicted octanol–water partition coefficient (Wildman–Crippen LogP) is 4.89. The molecule has 2 aromatic rings. The number of carboxylic acid groups (broad SMARTS) is 1. The minimum atomic E-state index is -0.977. The highest BCUT2D eigenvalue weighted by atomic mass is 16.5. The molecule has 36 heavy (non-hydrogen) atoms. The molecule has 8 nitrogen and oxygen atoms in total. The Morgan fingerprint density at radius 3 is 2.28 bits per heavy atom. The number of hydrogen-bond donors (Lipinski definition) is 1. The van der Waals surface area contributed by atoms with Crippen molar-refractivity contribution in [1.82, 2.24) is 4.90 Å². The number of carbonyl (C=O) groups is 2. The quantitative estimate of drug-likeness (QED) is 0.350. The van der Waals surface area contributed by atoms with Gasteiger partial charge < -0.3 is 29.0 Å². The summed E-state index contributed by atoms with van der Waals surface area (Å²) in [5.74, 6) is 0.387. The van der Waals surface area contributed by atoms with E-state index in [0.29, 0.717) is 43.4 Å². The molecule has 0 bridgehead atoms. The van der Waals surface area contributed by atoms with Gasteiger partial charge in [-0.15, -0.1) is 0 Å². The molecule has 0 fully saturated rings. The number of para-hydroxylation sites is 1. The Labute approximate surface area is 214 Å². The molecule has 0 heterocycles. The molecule has 0 aliphatic heterocycles.